The standard InChI is InChI=1S/C21H16N2O2/c1-11-9-15-18(22-10-11)21(25)19-17(20(15)24)16(12(2)13(3)23-19)14-7-5-4-6-8-14/h4-10H,1-3H3. The number of rotatable bonds is 1. The Balaban J connectivity index is 2.10. The second-order valence-electron chi connectivity index (χ2n) is 6.35. The van der Waals surface area contributed by atoms with E-state index in [9.17, 15) is 9.59 Å². The Hall–Kier alpha value is -3.14. The first-order chi connectivity index (χ1) is 12.0. The van der Waals surface area contributed by atoms with Gasteiger partial charge in [0.15, 0.2) is 5.78 Å². The van der Waals surface area contributed by atoms with Crippen LogP contribution in [0.25, 0.3) is 11.1 Å². The molecule has 0 spiro atoms. The zero-order chi connectivity index (χ0) is 17.7. The van der Waals surface area contributed by atoms with Gasteiger partial charge in [-0.1, -0.05) is 30.3 Å². The van der Waals surface area contributed by atoms with Crippen molar-refractivity contribution in [2.75, 3.05) is 0 Å². The molecule has 2 heterocycles. The second kappa shape index (κ2) is 5.45. The first-order valence-electron chi connectivity index (χ1n) is 8.11. The molecule has 0 radical (unpaired) electrons. The van der Waals surface area contributed by atoms with Gasteiger partial charge in [0.2, 0.25) is 5.78 Å². The molecule has 3 aromatic rings. The van der Waals surface area contributed by atoms with Crippen molar-refractivity contribution in [3.05, 3.63) is 81.9 Å². The van der Waals surface area contributed by atoms with Crippen molar-refractivity contribution in [2.45, 2.75) is 20.8 Å². The predicted molar refractivity (Wildman–Crippen MR) is 95.0 cm³/mol. The van der Waals surface area contributed by atoms with Crippen LogP contribution in [0.4, 0.5) is 0 Å². The minimum atomic E-state index is -0.287. The van der Waals surface area contributed by atoms with Crippen LogP contribution in [0.3, 0.4) is 0 Å². The minimum Gasteiger partial charge on any atom is -0.288 e. The van der Waals surface area contributed by atoms with Crippen molar-refractivity contribution in [3.63, 3.8) is 0 Å². The lowest BCUT2D eigenvalue weighted by Gasteiger charge is -2.22. The van der Waals surface area contributed by atoms with Crippen molar-refractivity contribution in [2.24, 2.45) is 0 Å². The third-order valence-corrected chi connectivity index (χ3v) is 4.67. The molecule has 0 unspecified atom stereocenters. The largest absolute Gasteiger partial charge is 0.288 e. The summed E-state index contributed by atoms with van der Waals surface area (Å²) in [6, 6.07) is 11.4. The number of aromatic nitrogens is 2. The molecule has 1 aliphatic rings. The maximum Gasteiger partial charge on any atom is 0.231 e. The Labute approximate surface area is 145 Å². The van der Waals surface area contributed by atoms with E-state index in [-0.39, 0.29) is 23.0 Å². The lowest BCUT2D eigenvalue weighted by atomic mass is 9.83. The van der Waals surface area contributed by atoms with E-state index in [0.717, 1.165) is 27.9 Å². The molecule has 25 heavy (non-hydrogen) atoms. The van der Waals surface area contributed by atoms with E-state index in [2.05, 4.69) is 9.97 Å². The number of aryl methyl sites for hydroxylation is 2. The lowest BCUT2D eigenvalue weighted by molar-refractivity contribution is 0.0971. The van der Waals surface area contributed by atoms with E-state index in [1.807, 2.05) is 51.1 Å². The number of hydrogen-bond acceptors (Lipinski definition) is 4. The van der Waals surface area contributed by atoms with Crippen LogP contribution in [0, 0.1) is 20.8 Å². The molecule has 0 aliphatic heterocycles. The molecule has 4 nitrogen and oxygen atoms in total. The van der Waals surface area contributed by atoms with Crippen molar-refractivity contribution in [1.82, 2.24) is 9.97 Å². The number of benzene rings is 1. The number of carbonyl (C=O) groups is 2. The molecule has 0 fully saturated rings. The molecule has 2 aromatic heterocycles. The van der Waals surface area contributed by atoms with Crippen molar-refractivity contribution in [1.29, 1.82) is 0 Å². The summed E-state index contributed by atoms with van der Waals surface area (Å²) in [6.07, 6.45) is 1.61. The normalized spacial score (nSPS) is 12.8. The van der Waals surface area contributed by atoms with Gasteiger partial charge in [0, 0.05) is 11.9 Å². The van der Waals surface area contributed by atoms with E-state index in [1.165, 1.54) is 0 Å². The van der Waals surface area contributed by atoms with Gasteiger partial charge in [0.25, 0.3) is 0 Å². The van der Waals surface area contributed by atoms with Gasteiger partial charge in [-0.2, -0.15) is 0 Å². The SMILES string of the molecule is Cc1cnc2c(c1)C(=O)c1c(nc(C)c(C)c1-c1ccccc1)C2=O. The maximum atomic E-state index is 13.2. The average Bonchev–Trinajstić information content (AvgIpc) is 2.62. The highest BCUT2D eigenvalue weighted by atomic mass is 16.1. The summed E-state index contributed by atoms with van der Waals surface area (Å²) < 4.78 is 0. The van der Waals surface area contributed by atoms with Gasteiger partial charge in [-0.05, 0) is 49.1 Å². The topological polar surface area (TPSA) is 59.9 Å². The minimum absolute atomic E-state index is 0.185. The number of ketones is 2. The smallest absolute Gasteiger partial charge is 0.231 e. The highest BCUT2D eigenvalue weighted by Gasteiger charge is 2.35. The first-order valence-corrected chi connectivity index (χ1v) is 8.11. The zero-order valence-corrected chi connectivity index (χ0v) is 14.3. The second-order valence-corrected chi connectivity index (χ2v) is 6.35. The number of nitrogens with zero attached hydrogens (tertiary/aromatic N) is 2. The number of fused-ring (bicyclic) bond motifs is 2. The molecule has 1 aromatic carbocycles. The fourth-order valence-corrected chi connectivity index (χ4v) is 3.32. The fraction of sp³-hybridized carbons (Fsp3) is 0.143. The highest BCUT2D eigenvalue weighted by Crippen LogP contribution is 2.36. The summed E-state index contributed by atoms with van der Waals surface area (Å²) in [5.74, 6) is -0.472. The molecule has 0 bridgehead atoms. The fourth-order valence-electron chi connectivity index (χ4n) is 3.32. The molecule has 122 valence electrons. The van der Waals surface area contributed by atoms with Gasteiger partial charge in [-0.25, -0.2) is 4.98 Å². The highest BCUT2D eigenvalue weighted by molar-refractivity contribution is 6.29. The Morgan fingerprint density at radius 3 is 2.28 bits per heavy atom. The quantitative estimate of drug-likeness (QED) is 0.532. The summed E-state index contributed by atoms with van der Waals surface area (Å²) in [5.41, 5.74) is 5.35. The summed E-state index contributed by atoms with van der Waals surface area (Å²) in [4.78, 5) is 34.8. The summed E-state index contributed by atoms with van der Waals surface area (Å²) in [6.45, 7) is 5.65. The molecule has 0 saturated heterocycles. The van der Waals surface area contributed by atoms with Crippen LogP contribution in [-0.4, -0.2) is 21.5 Å². The average molecular weight is 328 g/mol. The first kappa shape index (κ1) is 15.4. The van der Waals surface area contributed by atoms with Crippen molar-refractivity contribution < 1.29 is 9.59 Å². The van der Waals surface area contributed by atoms with E-state index in [0.29, 0.717) is 11.1 Å². The van der Waals surface area contributed by atoms with E-state index >= 15 is 0 Å². The van der Waals surface area contributed by atoms with Gasteiger partial charge >= 0.3 is 0 Å². The lowest BCUT2D eigenvalue weighted by Crippen LogP contribution is -2.25. The molecular weight excluding hydrogens is 312 g/mol. The number of pyridine rings is 2. The monoisotopic (exact) mass is 328 g/mol. The Morgan fingerprint density at radius 1 is 0.840 bits per heavy atom. The van der Waals surface area contributed by atoms with Crippen LogP contribution in [0.2, 0.25) is 0 Å². The third kappa shape index (κ3) is 2.22. The van der Waals surface area contributed by atoms with Crippen molar-refractivity contribution >= 4 is 11.6 Å². The van der Waals surface area contributed by atoms with Gasteiger partial charge in [0.05, 0.1) is 11.1 Å². The molecular formula is C21H16N2O2. The summed E-state index contributed by atoms with van der Waals surface area (Å²) >= 11 is 0. The molecule has 0 saturated carbocycles. The van der Waals surface area contributed by atoms with Crippen molar-refractivity contribution in [3.8, 4) is 11.1 Å². The molecule has 0 amide bonds. The van der Waals surface area contributed by atoms with Crippen LogP contribution in [-0.2, 0) is 0 Å². The number of carbonyl (C=O) groups excluding carboxylic acids is 2. The zero-order valence-electron chi connectivity index (χ0n) is 14.3. The van der Waals surface area contributed by atoms with Gasteiger partial charge in [-0.3, -0.25) is 14.6 Å². The Kier molecular flexibility index (Phi) is 3.35. The van der Waals surface area contributed by atoms with Crippen LogP contribution < -0.4 is 0 Å². The van der Waals surface area contributed by atoms with Gasteiger partial charge < -0.3 is 0 Å². The third-order valence-electron chi connectivity index (χ3n) is 4.67. The number of hydrogen-bond donors (Lipinski definition) is 0. The Bertz CT molecular complexity index is 1050. The predicted octanol–water partition coefficient (Wildman–Crippen LogP) is 3.84. The van der Waals surface area contributed by atoms with Crippen LogP contribution in [0.1, 0.15) is 48.9 Å². The molecule has 0 atom stereocenters. The molecule has 1 aliphatic carbocycles. The van der Waals surface area contributed by atoms with E-state index < -0.39 is 0 Å². The van der Waals surface area contributed by atoms with Gasteiger partial charge in [-0.15, -0.1) is 0 Å². The summed E-state index contributed by atoms with van der Waals surface area (Å²) in [5, 5.41) is 0. The Morgan fingerprint density at radius 2 is 1.56 bits per heavy atom. The van der Waals surface area contributed by atoms with Gasteiger partial charge in [0.1, 0.15) is 11.4 Å². The van der Waals surface area contributed by atoms with Crippen LogP contribution >= 0.6 is 0 Å². The van der Waals surface area contributed by atoms with Crippen LogP contribution in [0.15, 0.2) is 42.6 Å². The maximum absolute atomic E-state index is 13.2. The molecule has 0 N–H and O–H groups in total. The molecule has 4 rings (SSSR count). The molecule has 4 heteroatoms. The summed E-state index contributed by atoms with van der Waals surface area (Å²) in [7, 11) is 0. The van der Waals surface area contributed by atoms with E-state index in [4.69, 9.17) is 0 Å². The van der Waals surface area contributed by atoms with E-state index in [1.54, 1.807) is 12.3 Å². The van der Waals surface area contributed by atoms with Crippen LogP contribution in [0.5, 0.6) is 0 Å².